The Kier molecular flexibility index (Phi) is 3.81. The third kappa shape index (κ3) is 3.56. The molecule has 1 amide bonds. The lowest BCUT2D eigenvalue weighted by Crippen LogP contribution is -2.32. The maximum atomic E-state index is 12.1. The molecule has 5 nitrogen and oxygen atoms in total. The summed E-state index contributed by atoms with van der Waals surface area (Å²) in [6.07, 6.45) is 4.06. The van der Waals surface area contributed by atoms with Gasteiger partial charge in [-0.25, -0.2) is 9.97 Å². The van der Waals surface area contributed by atoms with Gasteiger partial charge in [-0.15, -0.1) is 0 Å². The van der Waals surface area contributed by atoms with Crippen LogP contribution in [0.15, 0.2) is 42.6 Å². The van der Waals surface area contributed by atoms with Crippen molar-refractivity contribution in [1.82, 2.24) is 9.97 Å². The molecule has 1 unspecified atom stereocenters. The number of rotatable bonds is 5. The van der Waals surface area contributed by atoms with Crippen molar-refractivity contribution in [1.29, 1.82) is 0 Å². The van der Waals surface area contributed by atoms with E-state index in [9.17, 15) is 4.79 Å². The summed E-state index contributed by atoms with van der Waals surface area (Å²) in [5.41, 5.74) is 0.789. The molecule has 2 N–H and O–H groups in total. The summed E-state index contributed by atoms with van der Waals surface area (Å²) in [6, 6.07) is 10.8. The van der Waals surface area contributed by atoms with E-state index < -0.39 is 0 Å². The molecule has 1 heterocycles. The lowest BCUT2D eigenvalue weighted by Gasteiger charge is -2.15. The van der Waals surface area contributed by atoms with Crippen LogP contribution >= 0.6 is 0 Å². The largest absolute Gasteiger partial charge is 0.359 e. The molecule has 0 radical (unpaired) electrons. The van der Waals surface area contributed by atoms with E-state index in [0.29, 0.717) is 11.7 Å². The number of aromatic nitrogens is 2. The van der Waals surface area contributed by atoms with Crippen molar-refractivity contribution in [2.24, 2.45) is 0 Å². The SMILES string of the molecule is CC(Nc1ccnc(C2CC2)n1)C(=O)Nc1ccccc1. The van der Waals surface area contributed by atoms with Crippen LogP contribution < -0.4 is 10.6 Å². The monoisotopic (exact) mass is 282 g/mol. The molecule has 21 heavy (non-hydrogen) atoms. The Hall–Kier alpha value is -2.43. The number of benzene rings is 1. The number of amides is 1. The van der Waals surface area contributed by atoms with E-state index in [0.717, 1.165) is 24.4 Å². The van der Waals surface area contributed by atoms with E-state index in [2.05, 4.69) is 20.6 Å². The average molecular weight is 282 g/mol. The summed E-state index contributed by atoms with van der Waals surface area (Å²) in [7, 11) is 0. The van der Waals surface area contributed by atoms with Gasteiger partial charge in [0.2, 0.25) is 5.91 Å². The van der Waals surface area contributed by atoms with E-state index in [4.69, 9.17) is 0 Å². The topological polar surface area (TPSA) is 66.9 Å². The molecule has 1 aliphatic rings. The van der Waals surface area contributed by atoms with Crippen LogP contribution in [0.3, 0.4) is 0 Å². The standard InChI is InChI=1S/C16H18N4O/c1-11(16(21)19-13-5-3-2-4-6-13)18-14-9-10-17-15(20-14)12-7-8-12/h2-6,9-12H,7-8H2,1H3,(H,19,21)(H,17,18,20). The normalized spacial score (nSPS) is 15.3. The minimum atomic E-state index is -0.368. The highest BCUT2D eigenvalue weighted by molar-refractivity contribution is 5.96. The third-order valence-electron chi connectivity index (χ3n) is 3.42. The molecule has 5 heteroatoms. The second kappa shape index (κ2) is 5.91. The minimum absolute atomic E-state index is 0.0900. The quantitative estimate of drug-likeness (QED) is 0.885. The van der Waals surface area contributed by atoms with Crippen LogP contribution in [0, 0.1) is 0 Å². The van der Waals surface area contributed by atoms with Crippen LogP contribution in [0.25, 0.3) is 0 Å². The van der Waals surface area contributed by atoms with Gasteiger partial charge in [0.1, 0.15) is 17.7 Å². The van der Waals surface area contributed by atoms with Gasteiger partial charge in [-0.3, -0.25) is 4.79 Å². The van der Waals surface area contributed by atoms with Gasteiger partial charge in [-0.05, 0) is 38.0 Å². The van der Waals surface area contributed by atoms with Crippen molar-refractivity contribution < 1.29 is 4.79 Å². The van der Waals surface area contributed by atoms with Crippen LogP contribution in [-0.4, -0.2) is 21.9 Å². The molecule has 1 fully saturated rings. The highest BCUT2D eigenvalue weighted by atomic mass is 16.2. The van der Waals surface area contributed by atoms with E-state index in [1.165, 1.54) is 0 Å². The molecule has 108 valence electrons. The first-order valence-electron chi connectivity index (χ1n) is 7.18. The Balaban J connectivity index is 1.61. The number of nitrogens with zero attached hydrogens (tertiary/aromatic N) is 2. The number of anilines is 2. The summed E-state index contributed by atoms with van der Waals surface area (Å²) in [5, 5.41) is 5.99. The molecule has 1 aromatic carbocycles. The molecule has 0 aliphatic heterocycles. The van der Waals surface area contributed by atoms with Crippen molar-refractivity contribution in [2.75, 3.05) is 10.6 Å². The van der Waals surface area contributed by atoms with Crippen LogP contribution in [0.2, 0.25) is 0 Å². The number of hydrogen-bond acceptors (Lipinski definition) is 4. The molecule has 1 atom stereocenters. The second-order valence-corrected chi connectivity index (χ2v) is 5.30. The van der Waals surface area contributed by atoms with E-state index in [1.807, 2.05) is 37.3 Å². The van der Waals surface area contributed by atoms with Crippen molar-refractivity contribution in [3.05, 3.63) is 48.4 Å². The Morgan fingerprint density at radius 3 is 2.71 bits per heavy atom. The highest BCUT2D eigenvalue weighted by Gasteiger charge is 2.26. The molecule has 1 aliphatic carbocycles. The van der Waals surface area contributed by atoms with Gasteiger partial charge >= 0.3 is 0 Å². The predicted octanol–water partition coefficient (Wildman–Crippen LogP) is 2.79. The fourth-order valence-electron chi connectivity index (χ4n) is 2.05. The van der Waals surface area contributed by atoms with Gasteiger partial charge in [0.15, 0.2) is 0 Å². The van der Waals surface area contributed by atoms with Crippen molar-refractivity contribution in [3.8, 4) is 0 Å². The summed E-state index contributed by atoms with van der Waals surface area (Å²) in [4.78, 5) is 20.9. The maximum Gasteiger partial charge on any atom is 0.246 e. The zero-order chi connectivity index (χ0) is 14.7. The first kappa shape index (κ1) is 13.5. The van der Waals surface area contributed by atoms with E-state index in [-0.39, 0.29) is 11.9 Å². The van der Waals surface area contributed by atoms with Gasteiger partial charge in [0.05, 0.1) is 0 Å². The highest BCUT2D eigenvalue weighted by Crippen LogP contribution is 2.38. The zero-order valence-electron chi connectivity index (χ0n) is 11.9. The molecule has 0 saturated heterocycles. The van der Waals surface area contributed by atoms with E-state index >= 15 is 0 Å². The van der Waals surface area contributed by atoms with Gasteiger partial charge < -0.3 is 10.6 Å². The Morgan fingerprint density at radius 2 is 2.00 bits per heavy atom. The fourth-order valence-corrected chi connectivity index (χ4v) is 2.05. The van der Waals surface area contributed by atoms with Crippen LogP contribution in [0.4, 0.5) is 11.5 Å². The molecule has 1 aromatic heterocycles. The third-order valence-corrected chi connectivity index (χ3v) is 3.42. The van der Waals surface area contributed by atoms with E-state index in [1.54, 1.807) is 12.3 Å². The first-order chi connectivity index (χ1) is 10.2. The van der Waals surface area contributed by atoms with Gasteiger partial charge in [0, 0.05) is 17.8 Å². The van der Waals surface area contributed by atoms with Crippen LogP contribution in [-0.2, 0) is 4.79 Å². The maximum absolute atomic E-state index is 12.1. The minimum Gasteiger partial charge on any atom is -0.359 e. The summed E-state index contributed by atoms with van der Waals surface area (Å²) in [6.45, 7) is 1.82. The molecule has 2 aromatic rings. The summed E-state index contributed by atoms with van der Waals surface area (Å²) < 4.78 is 0. The summed E-state index contributed by atoms with van der Waals surface area (Å²) in [5.74, 6) is 1.98. The number of carbonyl (C=O) groups excluding carboxylic acids is 1. The van der Waals surface area contributed by atoms with Gasteiger partial charge in [-0.2, -0.15) is 0 Å². The molecular weight excluding hydrogens is 264 g/mol. The lowest BCUT2D eigenvalue weighted by molar-refractivity contribution is -0.116. The predicted molar refractivity (Wildman–Crippen MR) is 82.2 cm³/mol. The van der Waals surface area contributed by atoms with Gasteiger partial charge in [-0.1, -0.05) is 18.2 Å². The summed E-state index contributed by atoms with van der Waals surface area (Å²) >= 11 is 0. The zero-order valence-corrected chi connectivity index (χ0v) is 11.9. The number of hydrogen-bond donors (Lipinski definition) is 2. The first-order valence-corrected chi connectivity index (χ1v) is 7.18. The molecule has 1 saturated carbocycles. The molecule has 3 rings (SSSR count). The van der Waals surface area contributed by atoms with Crippen LogP contribution in [0.5, 0.6) is 0 Å². The molecule has 0 spiro atoms. The van der Waals surface area contributed by atoms with Crippen molar-refractivity contribution in [2.45, 2.75) is 31.7 Å². The number of carbonyl (C=O) groups is 1. The number of para-hydroxylation sites is 1. The smallest absolute Gasteiger partial charge is 0.246 e. The van der Waals surface area contributed by atoms with Crippen molar-refractivity contribution >= 4 is 17.4 Å². The fraction of sp³-hybridized carbons (Fsp3) is 0.312. The van der Waals surface area contributed by atoms with Crippen LogP contribution in [0.1, 0.15) is 31.5 Å². The Morgan fingerprint density at radius 1 is 1.24 bits per heavy atom. The lowest BCUT2D eigenvalue weighted by atomic mass is 10.2. The second-order valence-electron chi connectivity index (χ2n) is 5.30. The average Bonchev–Trinajstić information content (AvgIpc) is 3.33. The molecular formula is C16H18N4O. The number of nitrogens with one attached hydrogen (secondary N) is 2. The molecule has 0 bridgehead atoms. The Bertz CT molecular complexity index is 625. The van der Waals surface area contributed by atoms with Gasteiger partial charge in [0.25, 0.3) is 0 Å². The Labute approximate surface area is 123 Å². The van der Waals surface area contributed by atoms with Crippen molar-refractivity contribution in [3.63, 3.8) is 0 Å².